The molecule has 2 atom stereocenters. The molecule has 45 heavy (non-hydrogen) atoms. The van der Waals surface area contributed by atoms with Crippen LogP contribution in [-0.2, 0) is 18.0 Å². The lowest BCUT2D eigenvalue weighted by Crippen LogP contribution is -2.48. The molecule has 5 aromatic rings. The van der Waals surface area contributed by atoms with E-state index in [1.165, 1.54) is 24.1 Å². The topological polar surface area (TPSA) is 69.2 Å². The van der Waals surface area contributed by atoms with Crippen molar-refractivity contribution in [1.82, 2.24) is 24.6 Å². The van der Waals surface area contributed by atoms with Crippen molar-refractivity contribution in [2.45, 2.75) is 83.8 Å². The third-order valence-electron chi connectivity index (χ3n) is 9.76. The Kier molecular flexibility index (Phi) is 8.30. The zero-order chi connectivity index (χ0) is 32.1. The molecule has 0 saturated heterocycles. The van der Waals surface area contributed by atoms with E-state index in [4.69, 9.17) is 13.8 Å². The van der Waals surface area contributed by atoms with Gasteiger partial charge >= 0.3 is 0 Å². The molecule has 2 aromatic heterocycles. The van der Waals surface area contributed by atoms with Gasteiger partial charge in [0.15, 0.2) is 19.7 Å². The van der Waals surface area contributed by atoms with Gasteiger partial charge in [-0.2, -0.15) is 0 Å². The first-order valence-corrected chi connectivity index (χ1v) is 18.7. The van der Waals surface area contributed by atoms with E-state index in [2.05, 4.69) is 75.1 Å². The molecule has 9 heteroatoms. The predicted molar refractivity (Wildman–Crippen MR) is 181 cm³/mol. The van der Waals surface area contributed by atoms with Crippen LogP contribution in [0.25, 0.3) is 45.1 Å². The number of aryl methyl sites for hydroxylation is 2. The minimum Gasteiger partial charge on any atom is -0.436 e. The Balaban J connectivity index is 1.26. The van der Waals surface area contributed by atoms with Crippen LogP contribution in [0.5, 0.6) is 0 Å². The summed E-state index contributed by atoms with van der Waals surface area (Å²) in [5, 5.41) is 8.41. The number of hydrogen-bond acceptors (Lipinski definition) is 6. The van der Waals surface area contributed by atoms with Gasteiger partial charge in [-0.05, 0) is 104 Å². The lowest BCUT2D eigenvalue weighted by Gasteiger charge is -2.41. The van der Waals surface area contributed by atoms with Gasteiger partial charge in [0.1, 0.15) is 17.7 Å². The molecule has 2 heterocycles. The van der Waals surface area contributed by atoms with Gasteiger partial charge in [0.05, 0.1) is 6.10 Å². The molecule has 0 unspecified atom stereocenters. The second kappa shape index (κ2) is 11.9. The van der Waals surface area contributed by atoms with E-state index in [9.17, 15) is 4.39 Å². The Morgan fingerprint density at radius 1 is 1.04 bits per heavy atom. The fourth-order valence-electron chi connectivity index (χ4n) is 6.30. The Morgan fingerprint density at radius 3 is 2.56 bits per heavy atom. The zero-order valence-corrected chi connectivity index (χ0v) is 28.7. The molecule has 0 radical (unpaired) electrons. The van der Waals surface area contributed by atoms with E-state index in [0.29, 0.717) is 23.3 Å². The highest BCUT2D eigenvalue weighted by atomic mass is 28.4. The second-order valence-corrected chi connectivity index (χ2v) is 18.9. The molecule has 7 nitrogen and oxygen atoms in total. The number of rotatable bonds is 8. The fourth-order valence-corrected chi connectivity index (χ4v) is 7.68. The van der Waals surface area contributed by atoms with Crippen molar-refractivity contribution in [1.29, 1.82) is 0 Å². The molecule has 1 aliphatic rings. The first kappa shape index (κ1) is 31.3. The van der Waals surface area contributed by atoms with Crippen molar-refractivity contribution in [3.05, 3.63) is 77.9 Å². The van der Waals surface area contributed by atoms with Gasteiger partial charge < -0.3 is 13.4 Å². The maximum absolute atomic E-state index is 14.3. The van der Waals surface area contributed by atoms with Gasteiger partial charge in [-0.3, -0.25) is 4.90 Å². The van der Waals surface area contributed by atoms with Gasteiger partial charge in [0.2, 0.25) is 5.89 Å². The molecule has 6 rings (SSSR count). The van der Waals surface area contributed by atoms with E-state index < -0.39 is 8.32 Å². The lowest BCUT2D eigenvalue weighted by molar-refractivity contribution is 0.0897. The Hall–Kier alpha value is -3.66. The number of benzene rings is 3. The van der Waals surface area contributed by atoms with Crippen LogP contribution in [0.1, 0.15) is 51.2 Å². The molecule has 0 aliphatic heterocycles. The number of halogens is 1. The summed E-state index contributed by atoms with van der Waals surface area (Å²) in [6.07, 6.45) is 5.39. The van der Waals surface area contributed by atoms with Crippen LogP contribution in [0.2, 0.25) is 18.1 Å². The van der Waals surface area contributed by atoms with E-state index in [1.54, 1.807) is 17.0 Å². The molecule has 1 aliphatic carbocycles. The fraction of sp³-hybridized carbons (Fsp3) is 0.417. The minimum atomic E-state index is -1.85. The van der Waals surface area contributed by atoms with Crippen LogP contribution in [0.3, 0.4) is 0 Å². The number of aromatic nitrogens is 4. The smallest absolute Gasteiger partial charge is 0.227 e. The second-order valence-electron chi connectivity index (χ2n) is 14.1. The van der Waals surface area contributed by atoms with Crippen molar-refractivity contribution in [2.24, 2.45) is 7.05 Å². The highest BCUT2D eigenvalue weighted by Gasteiger charge is 2.42. The normalized spacial score (nSPS) is 17.6. The number of fused-ring (bicyclic) bond motifs is 1. The average molecular weight is 626 g/mol. The molecular weight excluding hydrogens is 582 g/mol. The third-order valence-corrected chi connectivity index (χ3v) is 14.3. The van der Waals surface area contributed by atoms with Crippen LogP contribution in [-0.4, -0.2) is 52.2 Å². The van der Waals surface area contributed by atoms with Gasteiger partial charge in [0, 0.05) is 30.8 Å². The molecule has 0 N–H and O–H groups in total. The Bertz CT molecular complexity index is 1840. The van der Waals surface area contributed by atoms with Crippen molar-refractivity contribution < 1.29 is 13.2 Å². The molecule has 3 aromatic carbocycles. The van der Waals surface area contributed by atoms with Crippen LogP contribution in [0.15, 0.2) is 65.3 Å². The standard InChI is InChI=1S/C36H44FN5O2Si/c1-23-17-24(21-41(5)31-13-10-14-32(31)44-45(7,8)36(2,3)4)18-30-33(23)43-35(39-30)26-12-9-11-25(19-26)28-16-15-27(37)20-29(28)34-40-38-22-42(34)6/h9,11-12,15-20,22,31-32H,10,13-14,21H2,1-8H3/t31-,32+/m1/s1. The predicted octanol–water partition coefficient (Wildman–Crippen LogP) is 8.78. The summed E-state index contributed by atoms with van der Waals surface area (Å²) >= 11 is 0. The van der Waals surface area contributed by atoms with E-state index in [0.717, 1.165) is 52.7 Å². The summed E-state index contributed by atoms with van der Waals surface area (Å²) < 4.78 is 29.4. The maximum Gasteiger partial charge on any atom is 0.227 e. The van der Waals surface area contributed by atoms with Crippen molar-refractivity contribution >= 4 is 19.4 Å². The largest absolute Gasteiger partial charge is 0.436 e. The van der Waals surface area contributed by atoms with Crippen molar-refractivity contribution in [3.8, 4) is 34.0 Å². The first-order valence-electron chi connectivity index (χ1n) is 15.8. The molecule has 0 bridgehead atoms. The zero-order valence-electron chi connectivity index (χ0n) is 27.7. The monoisotopic (exact) mass is 625 g/mol. The Morgan fingerprint density at radius 2 is 1.82 bits per heavy atom. The average Bonchev–Trinajstić information content (AvgIpc) is 3.72. The number of likely N-dealkylation sites (N-methyl/N-ethyl adjacent to an activating group) is 1. The molecule has 236 valence electrons. The SMILES string of the molecule is Cc1cc(CN(C)[C@@H]2CCC[C@@H]2O[Si](C)(C)C(C)(C)C)cc2nc(-c3cccc(-c4ccc(F)cc4-c4nncn4C)c3)oc12. The molecule has 1 saturated carbocycles. The highest BCUT2D eigenvalue weighted by molar-refractivity contribution is 6.74. The van der Waals surface area contributed by atoms with Crippen LogP contribution >= 0.6 is 0 Å². The van der Waals surface area contributed by atoms with Gasteiger partial charge in [-0.25, -0.2) is 9.37 Å². The van der Waals surface area contributed by atoms with Gasteiger partial charge in [-0.1, -0.05) is 45.0 Å². The van der Waals surface area contributed by atoms with Crippen LogP contribution in [0.4, 0.5) is 4.39 Å². The summed E-state index contributed by atoms with van der Waals surface area (Å²) in [5.41, 5.74) is 7.22. The van der Waals surface area contributed by atoms with E-state index >= 15 is 0 Å². The van der Waals surface area contributed by atoms with Crippen LogP contribution in [0, 0.1) is 12.7 Å². The summed E-state index contributed by atoms with van der Waals surface area (Å²) in [5.74, 6) is 0.831. The number of nitrogens with zero attached hydrogens (tertiary/aromatic N) is 5. The molecule has 0 spiro atoms. The molecule has 0 amide bonds. The van der Waals surface area contributed by atoms with E-state index in [1.807, 2.05) is 31.3 Å². The van der Waals surface area contributed by atoms with E-state index in [-0.39, 0.29) is 17.0 Å². The minimum absolute atomic E-state index is 0.197. The number of hydrogen-bond donors (Lipinski definition) is 0. The van der Waals surface area contributed by atoms with Crippen LogP contribution < -0.4 is 0 Å². The summed E-state index contributed by atoms with van der Waals surface area (Å²) in [7, 11) is 2.23. The summed E-state index contributed by atoms with van der Waals surface area (Å²) in [6.45, 7) is 14.6. The third kappa shape index (κ3) is 6.26. The molecular formula is C36H44FN5O2Si. The Labute approximate surface area is 266 Å². The van der Waals surface area contributed by atoms with Crippen molar-refractivity contribution in [3.63, 3.8) is 0 Å². The maximum atomic E-state index is 14.3. The number of oxazole rings is 1. The summed E-state index contributed by atoms with van der Waals surface area (Å²) in [6, 6.07) is 17.5. The summed E-state index contributed by atoms with van der Waals surface area (Å²) in [4.78, 5) is 7.41. The lowest BCUT2D eigenvalue weighted by atomic mass is 9.97. The first-order chi connectivity index (χ1) is 21.3. The van der Waals surface area contributed by atoms with Gasteiger partial charge in [-0.15, -0.1) is 10.2 Å². The molecule has 1 fully saturated rings. The quantitative estimate of drug-likeness (QED) is 0.161. The van der Waals surface area contributed by atoms with Gasteiger partial charge in [0.25, 0.3) is 0 Å². The highest BCUT2D eigenvalue weighted by Crippen LogP contribution is 2.41. The van der Waals surface area contributed by atoms with Crippen molar-refractivity contribution in [2.75, 3.05) is 7.05 Å².